The average Bonchev–Trinajstić information content (AvgIpc) is 2.59. The van der Waals surface area contributed by atoms with Gasteiger partial charge in [0.15, 0.2) is 0 Å². The van der Waals surface area contributed by atoms with Crippen LogP contribution in [0.15, 0.2) is 36.4 Å². The zero-order valence-electron chi connectivity index (χ0n) is 15.7. The number of halogens is 1. The van der Waals surface area contributed by atoms with E-state index in [4.69, 9.17) is 4.74 Å². The maximum Gasteiger partial charge on any atom is 0.334 e. The summed E-state index contributed by atoms with van der Waals surface area (Å²) in [6.45, 7) is 9.27. The summed E-state index contributed by atoms with van der Waals surface area (Å²) in [5.41, 5.74) is 2.62. The van der Waals surface area contributed by atoms with Gasteiger partial charge in [-0.3, -0.25) is 4.79 Å². The first-order chi connectivity index (χ1) is 12.2. The van der Waals surface area contributed by atoms with E-state index in [1.807, 2.05) is 32.9 Å². The topological polar surface area (TPSA) is 55.4 Å². The minimum atomic E-state index is -0.888. The van der Waals surface area contributed by atoms with Crippen molar-refractivity contribution in [2.75, 3.05) is 0 Å². The summed E-state index contributed by atoms with van der Waals surface area (Å²) in [5.74, 6) is -1.56. The van der Waals surface area contributed by atoms with E-state index >= 15 is 0 Å². The highest BCUT2D eigenvalue weighted by Crippen LogP contribution is 2.26. The summed E-state index contributed by atoms with van der Waals surface area (Å²) in [4.78, 5) is 25.1. The summed E-state index contributed by atoms with van der Waals surface area (Å²) in [7, 11) is 0. The Balaban J connectivity index is 2.22. The number of carbonyl (C=O) groups is 2. The third-order valence-corrected chi connectivity index (χ3v) is 4.40. The van der Waals surface area contributed by atoms with Gasteiger partial charge in [0.05, 0.1) is 5.56 Å². The van der Waals surface area contributed by atoms with E-state index in [9.17, 15) is 14.0 Å². The Bertz CT molecular complexity index is 830. The molecule has 0 bridgehead atoms. The molecule has 0 radical (unpaired) electrons. The van der Waals surface area contributed by atoms with Gasteiger partial charge in [0.25, 0.3) is 5.91 Å². The van der Waals surface area contributed by atoms with Gasteiger partial charge in [-0.2, -0.15) is 0 Å². The fourth-order valence-electron chi connectivity index (χ4n) is 2.61. The van der Waals surface area contributed by atoms with E-state index in [1.165, 1.54) is 18.2 Å². The maximum atomic E-state index is 13.8. The first-order valence-electron chi connectivity index (χ1n) is 8.56. The molecule has 0 spiro atoms. The highest BCUT2D eigenvalue weighted by atomic mass is 19.1. The Kier molecular flexibility index (Phi) is 6.14. The molecule has 0 aliphatic heterocycles. The lowest BCUT2D eigenvalue weighted by atomic mass is 10.0. The Morgan fingerprint density at radius 2 is 1.62 bits per heavy atom. The van der Waals surface area contributed by atoms with Crippen LogP contribution in [0, 0.1) is 32.5 Å². The van der Waals surface area contributed by atoms with Crippen molar-refractivity contribution in [1.29, 1.82) is 0 Å². The fraction of sp³-hybridized carbons (Fsp3) is 0.333. The molecule has 1 amide bonds. The van der Waals surface area contributed by atoms with Gasteiger partial charge in [0.1, 0.15) is 17.6 Å². The molecule has 138 valence electrons. The number of nitrogens with one attached hydrogen (secondary N) is 1. The van der Waals surface area contributed by atoms with E-state index in [0.29, 0.717) is 5.75 Å². The van der Waals surface area contributed by atoms with Gasteiger partial charge in [0.2, 0.25) is 0 Å². The van der Waals surface area contributed by atoms with Crippen molar-refractivity contribution >= 4 is 11.9 Å². The van der Waals surface area contributed by atoms with Crippen LogP contribution in [0.2, 0.25) is 0 Å². The van der Waals surface area contributed by atoms with Crippen LogP contribution in [0.25, 0.3) is 0 Å². The molecule has 0 fully saturated rings. The second-order valence-corrected chi connectivity index (χ2v) is 6.75. The molecule has 0 heterocycles. The van der Waals surface area contributed by atoms with Crippen LogP contribution in [0.5, 0.6) is 5.75 Å². The van der Waals surface area contributed by atoms with E-state index in [0.717, 1.165) is 16.7 Å². The lowest BCUT2D eigenvalue weighted by molar-refractivity contribution is -0.137. The molecule has 2 rings (SSSR count). The molecule has 1 N–H and O–H groups in total. The van der Waals surface area contributed by atoms with E-state index in [1.54, 1.807) is 19.9 Å². The van der Waals surface area contributed by atoms with Crippen LogP contribution < -0.4 is 10.1 Å². The average molecular weight is 357 g/mol. The van der Waals surface area contributed by atoms with E-state index in [-0.39, 0.29) is 11.5 Å². The first kappa shape index (κ1) is 19.6. The maximum absolute atomic E-state index is 13.8. The van der Waals surface area contributed by atoms with Crippen LogP contribution in [0.1, 0.15) is 40.9 Å². The van der Waals surface area contributed by atoms with Crippen molar-refractivity contribution in [3.63, 3.8) is 0 Å². The van der Waals surface area contributed by atoms with Gasteiger partial charge in [-0.25, -0.2) is 9.18 Å². The van der Waals surface area contributed by atoms with Crippen LogP contribution in [0.4, 0.5) is 4.39 Å². The Labute approximate surface area is 153 Å². The highest BCUT2D eigenvalue weighted by molar-refractivity contribution is 5.97. The Morgan fingerprint density at radius 1 is 1.00 bits per heavy atom. The third kappa shape index (κ3) is 4.28. The SMILES string of the molecule is Cc1ccc(C)c(OC(=O)[C@@H](NC(=O)c2ccccc2F)C(C)C)c1C. The molecule has 2 aromatic rings. The van der Waals surface area contributed by atoms with Crippen molar-refractivity contribution in [3.8, 4) is 5.75 Å². The number of esters is 1. The van der Waals surface area contributed by atoms with Gasteiger partial charge >= 0.3 is 5.97 Å². The molecule has 4 nitrogen and oxygen atoms in total. The van der Waals surface area contributed by atoms with Crippen molar-refractivity contribution in [1.82, 2.24) is 5.32 Å². The zero-order valence-corrected chi connectivity index (χ0v) is 15.7. The van der Waals surface area contributed by atoms with Gasteiger partial charge < -0.3 is 10.1 Å². The van der Waals surface area contributed by atoms with Crippen molar-refractivity contribution in [2.24, 2.45) is 5.92 Å². The number of aryl methyl sites for hydroxylation is 2. The summed E-state index contributed by atoms with van der Waals surface area (Å²) in [6.07, 6.45) is 0. The Hall–Kier alpha value is -2.69. The van der Waals surface area contributed by atoms with Crippen molar-refractivity contribution in [2.45, 2.75) is 40.7 Å². The normalized spacial score (nSPS) is 12.0. The number of amides is 1. The molecule has 0 saturated heterocycles. The molecular weight excluding hydrogens is 333 g/mol. The lowest BCUT2D eigenvalue weighted by Crippen LogP contribution is -2.46. The quantitative estimate of drug-likeness (QED) is 0.647. The predicted molar refractivity (Wildman–Crippen MR) is 98.8 cm³/mol. The highest BCUT2D eigenvalue weighted by Gasteiger charge is 2.28. The lowest BCUT2D eigenvalue weighted by Gasteiger charge is -2.22. The second kappa shape index (κ2) is 8.13. The van der Waals surface area contributed by atoms with Gasteiger partial charge in [-0.15, -0.1) is 0 Å². The molecule has 1 atom stereocenters. The third-order valence-electron chi connectivity index (χ3n) is 4.40. The molecular formula is C21H24FNO3. The number of benzene rings is 2. The molecule has 2 aromatic carbocycles. The van der Waals surface area contributed by atoms with Crippen LogP contribution in [-0.2, 0) is 4.79 Å². The minimum Gasteiger partial charge on any atom is -0.424 e. The van der Waals surface area contributed by atoms with Crippen molar-refractivity contribution < 1.29 is 18.7 Å². The van der Waals surface area contributed by atoms with Gasteiger partial charge in [-0.05, 0) is 55.5 Å². The second-order valence-electron chi connectivity index (χ2n) is 6.75. The number of ether oxygens (including phenoxy) is 1. The number of carbonyl (C=O) groups excluding carboxylic acids is 2. The molecule has 26 heavy (non-hydrogen) atoms. The molecule has 0 aliphatic carbocycles. The summed E-state index contributed by atoms with van der Waals surface area (Å²) >= 11 is 0. The predicted octanol–water partition coefficient (Wildman–Crippen LogP) is 4.11. The molecule has 0 aliphatic rings. The van der Waals surface area contributed by atoms with Crippen LogP contribution in [-0.4, -0.2) is 17.9 Å². The van der Waals surface area contributed by atoms with Crippen LogP contribution >= 0.6 is 0 Å². The molecule has 0 aromatic heterocycles. The first-order valence-corrected chi connectivity index (χ1v) is 8.56. The summed E-state index contributed by atoms with van der Waals surface area (Å²) < 4.78 is 19.4. The number of hydrogen-bond donors (Lipinski definition) is 1. The summed E-state index contributed by atoms with van der Waals surface area (Å²) in [5, 5.41) is 2.59. The standard InChI is InChI=1S/C21H24FNO3/c1-12(2)18(23-20(24)16-8-6-7-9-17(16)22)21(25)26-19-14(4)11-10-13(3)15(19)5/h6-12,18H,1-5H3,(H,23,24)/t18-/m0/s1. The number of hydrogen-bond acceptors (Lipinski definition) is 3. The monoisotopic (exact) mass is 357 g/mol. The van der Waals surface area contributed by atoms with E-state index in [2.05, 4.69) is 5.32 Å². The zero-order chi connectivity index (χ0) is 19.4. The van der Waals surface area contributed by atoms with E-state index < -0.39 is 23.7 Å². The minimum absolute atomic E-state index is 0.103. The van der Waals surface area contributed by atoms with Crippen LogP contribution in [0.3, 0.4) is 0 Å². The number of rotatable bonds is 5. The summed E-state index contributed by atoms with van der Waals surface area (Å²) in [6, 6.07) is 8.61. The largest absolute Gasteiger partial charge is 0.424 e. The smallest absolute Gasteiger partial charge is 0.334 e. The fourth-order valence-corrected chi connectivity index (χ4v) is 2.61. The van der Waals surface area contributed by atoms with Gasteiger partial charge in [-0.1, -0.05) is 38.1 Å². The van der Waals surface area contributed by atoms with Gasteiger partial charge in [0, 0.05) is 0 Å². The van der Waals surface area contributed by atoms with Crippen molar-refractivity contribution in [3.05, 3.63) is 64.5 Å². The Morgan fingerprint density at radius 3 is 2.23 bits per heavy atom. The molecule has 0 saturated carbocycles. The molecule has 5 heteroatoms. The molecule has 0 unspecified atom stereocenters.